The van der Waals surface area contributed by atoms with E-state index in [2.05, 4.69) is 24.9 Å². The first-order valence-corrected chi connectivity index (χ1v) is 8.38. The van der Waals surface area contributed by atoms with Crippen molar-refractivity contribution < 1.29 is 0 Å². The first-order valence-electron chi connectivity index (χ1n) is 8.38. The molecule has 0 saturated carbocycles. The Labute approximate surface area is 172 Å². The molecule has 3 aromatic rings. The van der Waals surface area contributed by atoms with Gasteiger partial charge in [-0.15, -0.1) is 0 Å². The van der Waals surface area contributed by atoms with Gasteiger partial charge in [-0.05, 0) is 0 Å². The molecule has 0 bridgehead atoms. The van der Waals surface area contributed by atoms with Gasteiger partial charge in [-0.25, -0.2) is 24.9 Å². The van der Waals surface area contributed by atoms with Crippen molar-refractivity contribution in [1.29, 1.82) is 31.6 Å². The number of benzene rings is 1. The minimum atomic E-state index is -0.271. The minimum absolute atomic E-state index is 0.0210. The lowest BCUT2D eigenvalue weighted by Crippen LogP contribution is -2.29. The van der Waals surface area contributed by atoms with Crippen LogP contribution in [0.4, 0.5) is 0 Å². The molecule has 0 aliphatic carbocycles. The minimum Gasteiger partial charge on any atom is -0.234 e. The number of nitriles is 6. The molecule has 0 radical (unpaired) electrons. The number of allylic oxidation sites excluding steroid dienone is 2. The van der Waals surface area contributed by atoms with Crippen molar-refractivity contribution in [2.45, 2.75) is 6.42 Å². The fourth-order valence-corrected chi connectivity index (χ4v) is 3.08. The van der Waals surface area contributed by atoms with Gasteiger partial charge >= 0.3 is 0 Å². The first-order chi connectivity index (χ1) is 15.1. The molecule has 3 heterocycles. The molecule has 2 aromatic heterocycles. The summed E-state index contributed by atoms with van der Waals surface area (Å²) in [7, 11) is 0. The van der Waals surface area contributed by atoms with E-state index in [4.69, 9.17) is 0 Å². The third kappa shape index (κ3) is 2.65. The van der Waals surface area contributed by atoms with Crippen LogP contribution < -0.4 is 10.6 Å². The highest BCUT2D eigenvalue weighted by atomic mass is 14.9. The van der Waals surface area contributed by atoms with Crippen molar-refractivity contribution in [1.82, 2.24) is 19.9 Å². The zero-order valence-electron chi connectivity index (χ0n) is 15.2. The number of aromatic nitrogens is 4. The predicted molar refractivity (Wildman–Crippen MR) is 99.6 cm³/mol. The number of hydrogen-bond donors (Lipinski definition) is 0. The molecule has 0 N–H and O–H groups in total. The fourth-order valence-electron chi connectivity index (χ4n) is 3.08. The van der Waals surface area contributed by atoms with Crippen LogP contribution in [-0.4, -0.2) is 19.9 Å². The van der Waals surface area contributed by atoms with E-state index in [-0.39, 0.29) is 67.9 Å². The molecule has 0 spiro atoms. The molecule has 0 atom stereocenters. The molecular weight excluding hydrogens is 394 g/mol. The molecule has 1 aliphatic rings. The van der Waals surface area contributed by atoms with Gasteiger partial charge < -0.3 is 0 Å². The van der Waals surface area contributed by atoms with Crippen molar-refractivity contribution in [3.63, 3.8) is 0 Å². The lowest BCUT2D eigenvalue weighted by Gasteiger charge is -2.06. The maximum atomic E-state index is 9.46. The van der Waals surface area contributed by atoms with Crippen molar-refractivity contribution in [3.05, 3.63) is 44.6 Å². The fraction of sp³-hybridized carbons (Fsp3) is 0.0500. The molecule has 0 amide bonds. The van der Waals surface area contributed by atoms with Crippen molar-refractivity contribution in [2.75, 3.05) is 0 Å². The lowest BCUT2D eigenvalue weighted by molar-refractivity contribution is 1.14. The van der Waals surface area contributed by atoms with Crippen LogP contribution in [0, 0.1) is 68.0 Å². The average Bonchev–Trinajstić information content (AvgIpc) is 3.01. The summed E-state index contributed by atoms with van der Waals surface area (Å²) in [6.45, 7) is 0. The van der Waals surface area contributed by atoms with E-state index in [1.54, 1.807) is 30.4 Å². The molecule has 0 fully saturated rings. The van der Waals surface area contributed by atoms with Gasteiger partial charge in [0.2, 0.25) is 0 Å². The summed E-state index contributed by atoms with van der Waals surface area (Å²) >= 11 is 0. The summed E-state index contributed by atoms with van der Waals surface area (Å²) < 4.78 is 0. The quantitative estimate of drug-likeness (QED) is 0.469. The normalized spacial score (nSPS) is 11.9. The van der Waals surface area contributed by atoms with Crippen molar-refractivity contribution >= 4 is 28.1 Å². The first kappa shape index (κ1) is 18.6. The maximum absolute atomic E-state index is 9.46. The molecule has 0 unspecified atom stereocenters. The highest BCUT2D eigenvalue weighted by Crippen LogP contribution is 2.20. The third-order valence-corrected chi connectivity index (χ3v) is 4.43. The predicted octanol–water partition coefficient (Wildman–Crippen LogP) is 0.165. The average molecular weight is 397 g/mol. The Morgan fingerprint density at radius 2 is 1.06 bits per heavy atom. The molecular formula is C20H3N11. The van der Waals surface area contributed by atoms with E-state index in [0.717, 1.165) is 0 Å². The van der Waals surface area contributed by atoms with E-state index < -0.39 is 0 Å². The Hall–Kier alpha value is -5.75. The second-order valence-corrected chi connectivity index (χ2v) is 6.02. The van der Waals surface area contributed by atoms with Crippen LogP contribution in [0.5, 0.6) is 0 Å². The van der Waals surface area contributed by atoms with Gasteiger partial charge in [-0.3, -0.25) is 0 Å². The van der Waals surface area contributed by atoms with Gasteiger partial charge in [-0.2, -0.15) is 31.6 Å². The summed E-state index contributed by atoms with van der Waals surface area (Å²) in [6, 6.07) is 10.9. The van der Waals surface area contributed by atoms with Crippen LogP contribution in [0.2, 0.25) is 0 Å². The Balaban J connectivity index is 2.41. The molecule has 11 nitrogen and oxygen atoms in total. The smallest absolute Gasteiger partial charge is 0.177 e. The van der Waals surface area contributed by atoms with Crippen LogP contribution in [-0.2, 0) is 0 Å². The Kier molecular flexibility index (Phi) is 4.21. The van der Waals surface area contributed by atoms with E-state index in [1.165, 1.54) is 0 Å². The number of rotatable bonds is 0. The van der Waals surface area contributed by atoms with Crippen LogP contribution in [0.1, 0.15) is 29.2 Å². The molecule has 0 saturated heterocycles. The summed E-state index contributed by atoms with van der Waals surface area (Å²) in [4.78, 5) is 21.1. The molecule has 138 valence electrons. The monoisotopic (exact) mass is 397 g/mol. The third-order valence-electron chi connectivity index (χ3n) is 4.43. The second-order valence-electron chi connectivity index (χ2n) is 6.02. The zero-order valence-corrected chi connectivity index (χ0v) is 15.2. The summed E-state index contributed by atoms with van der Waals surface area (Å²) in [5.74, 6) is 0. The van der Waals surface area contributed by atoms with E-state index in [0.29, 0.717) is 5.22 Å². The van der Waals surface area contributed by atoms with Crippen molar-refractivity contribution in [3.8, 4) is 36.4 Å². The van der Waals surface area contributed by atoms with E-state index in [9.17, 15) is 31.6 Å². The molecule has 11 heteroatoms. The maximum Gasteiger partial charge on any atom is 0.177 e. The van der Waals surface area contributed by atoms with Gasteiger partial charge in [0, 0.05) is 11.6 Å². The lowest BCUT2D eigenvalue weighted by atomic mass is 10.1. The SMILES string of the molecule is N#CC1=C(C#N)N=c2c(c3nc(C#N)c(C#N)nc3c3nc(C#N)c(C#N)nc23)=CC1. The van der Waals surface area contributed by atoms with Gasteiger partial charge in [-0.1, -0.05) is 6.08 Å². The van der Waals surface area contributed by atoms with Crippen LogP contribution in [0.3, 0.4) is 0 Å². The summed E-state index contributed by atoms with van der Waals surface area (Å²) in [5.41, 5.74) is -0.783. The van der Waals surface area contributed by atoms with Gasteiger partial charge in [0.25, 0.3) is 0 Å². The standard InChI is InChI=1S/C20H3N11/c21-3-9-1-2-10-16(27-11(9)4-22)18-20(31-15(8-26)14(7-25)30-18)19-17(10)28-12(5-23)13(6-24)29-19/h2H,1H2. The Morgan fingerprint density at radius 1 is 0.581 bits per heavy atom. The molecule has 1 aromatic carbocycles. The Morgan fingerprint density at radius 3 is 1.55 bits per heavy atom. The topological polar surface area (TPSA) is 207 Å². The van der Waals surface area contributed by atoms with Gasteiger partial charge in [0.1, 0.15) is 57.8 Å². The Bertz CT molecular complexity index is 1770. The second kappa shape index (κ2) is 7.01. The summed E-state index contributed by atoms with van der Waals surface area (Å²) in [5, 5.41) is 56.6. The number of nitrogens with zero attached hydrogens (tertiary/aromatic N) is 11. The molecule has 4 rings (SSSR count). The van der Waals surface area contributed by atoms with E-state index in [1.807, 2.05) is 12.1 Å². The van der Waals surface area contributed by atoms with Crippen molar-refractivity contribution in [2.24, 2.45) is 4.99 Å². The highest BCUT2D eigenvalue weighted by molar-refractivity contribution is 6.00. The largest absolute Gasteiger partial charge is 0.234 e. The number of fused-ring (bicyclic) bond motifs is 6. The highest BCUT2D eigenvalue weighted by Gasteiger charge is 2.20. The van der Waals surface area contributed by atoms with Crippen LogP contribution in [0.15, 0.2) is 16.3 Å². The molecule has 1 aliphatic heterocycles. The molecule has 31 heavy (non-hydrogen) atoms. The van der Waals surface area contributed by atoms with Gasteiger partial charge in [0.05, 0.1) is 11.6 Å². The van der Waals surface area contributed by atoms with Crippen LogP contribution >= 0.6 is 0 Å². The number of hydrogen-bond acceptors (Lipinski definition) is 11. The summed E-state index contributed by atoms with van der Waals surface area (Å²) in [6.07, 6.45) is 1.63. The van der Waals surface area contributed by atoms with Crippen LogP contribution in [0.25, 0.3) is 28.1 Å². The zero-order chi connectivity index (χ0) is 22.1. The van der Waals surface area contributed by atoms with Gasteiger partial charge in [0.15, 0.2) is 28.5 Å². The van der Waals surface area contributed by atoms with E-state index >= 15 is 0 Å².